The fourth-order valence-corrected chi connectivity index (χ4v) is 5.12. The summed E-state index contributed by atoms with van der Waals surface area (Å²) in [5.74, 6) is -0.204. The molecule has 2 fully saturated rings. The van der Waals surface area contributed by atoms with Crippen LogP contribution in [0.25, 0.3) is 5.69 Å². The molecule has 6 N–H and O–H groups in total. The Hall–Kier alpha value is -3.03. The highest BCUT2D eigenvalue weighted by Gasteiger charge is 2.34. The Kier molecular flexibility index (Phi) is 10.7. The molecule has 0 bridgehead atoms. The number of halogens is 1. The van der Waals surface area contributed by atoms with Crippen LogP contribution in [0.15, 0.2) is 41.3 Å². The lowest BCUT2D eigenvalue weighted by Gasteiger charge is -2.37. The third-order valence-corrected chi connectivity index (χ3v) is 7.72. The van der Waals surface area contributed by atoms with E-state index in [1.54, 1.807) is 17.2 Å². The third-order valence-electron chi connectivity index (χ3n) is 7.72. The van der Waals surface area contributed by atoms with Crippen LogP contribution in [0.4, 0.5) is 10.6 Å². The Labute approximate surface area is 240 Å². The van der Waals surface area contributed by atoms with Crippen molar-refractivity contribution in [2.24, 2.45) is 11.5 Å². The summed E-state index contributed by atoms with van der Waals surface area (Å²) in [4.78, 5) is 47.3. The number of aromatic nitrogens is 2. The molecule has 1 atom stereocenters. The smallest absolute Gasteiger partial charge is 0.354 e. The highest BCUT2D eigenvalue weighted by atomic mass is 35.5. The summed E-state index contributed by atoms with van der Waals surface area (Å²) in [5, 5.41) is 12.0. The average Bonchev–Trinajstić information content (AvgIpc) is 2.93. The van der Waals surface area contributed by atoms with Crippen molar-refractivity contribution in [1.29, 1.82) is 0 Å². The van der Waals surface area contributed by atoms with Crippen LogP contribution in [0.5, 0.6) is 0 Å². The number of aliphatic hydroxyl groups is 1. The maximum Gasteiger partial charge on any atom is 0.354 e. The number of piperazine rings is 1. The van der Waals surface area contributed by atoms with E-state index in [0.29, 0.717) is 44.0 Å². The highest BCUT2D eigenvalue weighted by Crippen LogP contribution is 2.23. The van der Waals surface area contributed by atoms with Crippen LogP contribution in [0.2, 0.25) is 0 Å². The summed E-state index contributed by atoms with van der Waals surface area (Å²) in [7, 11) is 2.14. The van der Waals surface area contributed by atoms with Crippen molar-refractivity contribution in [2.45, 2.75) is 56.8 Å². The number of hydrogen-bond donors (Lipinski definition) is 4. The first-order valence-electron chi connectivity index (χ1n) is 13.5. The maximum atomic E-state index is 12.7. The minimum absolute atomic E-state index is 0. The molecular formula is C27H41ClN8O4. The van der Waals surface area contributed by atoms with E-state index in [1.807, 2.05) is 24.3 Å². The molecule has 2 heterocycles. The summed E-state index contributed by atoms with van der Waals surface area (Å²) in [6, 6.07) is 9.86. The number of nitrogens with one attached hydrogen (secondary N) is 1. The number of nitrogens with zero attached hydrogens (tertiary/aromatic N) is 5. The van der Waals surface area contributed by atoms with Crippen molar-refractivity contribution in [2.75, 3.05) is 45.2 Å². The van der Waals surface area contributed by atoms with Gasteiger partial charge in [-0.3, -0.25) is 19.6 Å². The third kappa shape index (κ3) is 7.58. The molecule has 3 amide bonds. The molecule has 1 aliphatic carbocycles. The number of rotatable bonds is 7. The van der Waals surface area contributed by atoms with Crippen LogP contribution >= 0.6 is 12.4 Å². The minimum atomic E-state index is -1.35. The molecule has 1 saturated heterocycles. The van der Waals surface area contributed by atoms with Crippen LogP contribution in [-0.2, 0) is 11.3 Å². The van der Waals surface area contributed by atoms with E-state index >= 15 is 0 Å². The lowest BCUT2D eigenvalue weighted by molar-refractivity contribution is -0.139. The number of aliphatic hydroxyl groups excluding tert-OH is 1. The molecule has 0 spiro atoms. The normalized spacial score (nSPS) is 20.9. The van der Waals surface area contributed by atoms with Crippen LogP contribution in [0.3, 0.4) is 0 Å². The highest BCUT2D eigenvalue weighted by molar-refractivity contribution is 5.89. The van der Waals surface area contributed by atoms with Gasteiger partial charge in [0.05, 0.1) is 12.3 Å². The number of amides is 3. The quantitative estimate of drug-likeness (QED) is 0.375. The number of hydrogen-bond acceptors (Lipinski definition) is 8. The van der Waals surface area contributed by atoms with Gasteiger partial charge in [-0.15, -0.1) is 12.4 Å². The second-order valence-corrected chi connectivity index (χ2v) is 10.9. The zero-order valence-electron chi connectivity index (χ0n) is 23.2. The number of carbonyl (C=O) groups is 2. The monoisotopic (exact) mass is 576 g/mol. The topological polar surface area (TPSA) is 163 Å². The Morgan fingerprint density at radius 3 is 2.25 bits per heavy atom. The van der Waals surface area contributed by atoms with Crippen LogP contribution in [0, 0.1) is 0 Å². The van der Waals surface area contributed by atoms with Gasteiger partial charge in [0.1, 0.15) is 11.4 Å². The van der Waals surface area contributed by atoms with Gasteiger partial charge in [0.25, 0.3) is 0 Å². The van der Waals surface area contributed by atoms with Gasteiger partial charge in [-0.2, -0.15) is 4.98 Å². The van der Waals surface area contributed by atoms with E-state index < -0.39 is 23.9 Å². The average molecular weight is 577 g/mol. The SMILES string of the molecule is CN(Cc1ccc(-n2ccc(NC(=O)N3CCN(C(=O)C(C)(N)CO)CC3)nc2=O)cc1)[C@H]1CC[C@H](N)CC1.Cl. The second-order valence-electron chi connectivity index (χ2n) is 10.9. The van der Waals surface area contributed by atoms with Gasteiger partial charge in [0.2, 0.25) is 5.91 Å². The summed E-state index contributed by atoms with van der Waals surface area (Å²) in [5.41, 5.74) is 11.9. The van der Waals surface area contributed by atoms with Crippen LogP contribution in [0.1, 0.15) is 38.2 Å². The van der Waals surface area contributed by atoms with Gasteiger partial charge in [-0.25, -0.2) is 9.59 Å². The van der Waals surface area contributed by atoms with Crippen LogP contribution < -0.4 is 22.5 Å². The molecule has 2 aliphatic rings. The van der Waals surface area contributed by atoms with Crippen molar-refractivity contribution in [1.82, 2.24) is 24.3 Å². The van der Waals surface area contributed by atoms with Crippen molar-refractivity contribution in [3.05, 3.63) is 52.6 Å². The number of benzene rings is 1. The lowest BCUT2D eigenvalue weighted by Crippen LogP contribution is -2.60. The maximum absolute atomic E-state index is 12.7. The van der Waals surface area contributed by atoms with Gasteiger partial charge in [0, 0.05) is 51.0 Å². The summed E-state index contributed by atoms with van der Waals surface area (Å²) >= 11 is 0. The van der Waals surface area contributed by atoms with E-state index in [2.05, 4.69) is 22.2 Å². The zero-order valence-corrected chi connectivity index (χ0v) is 24.0. The molecule has 1 aliphatic heterocycles. The van der Waals surface area contributed by atoms with Gasteiger partial charge in [0.15, 0.2) is 0 Å². The molecule has 4 rings (SSSR count). The Morgan fingerprint density at radius 1 is 1.07 bits per heavy atom. The Balaban J connectivity index is 0.00000441. The molecule has 1 aromatic heterocycles. The summed E-state index contributed by atoms with van der Waals surface area (Å²) in [6.07, 6.45) is 5.96. The number of nitrogens with two attached hydrogens (primary N) is 2. The van der Waals surface area contributed by atoms with Gasteiger partial charge in [-0.1, -0.05) is 12.1 Å². The molecule has 1 aromatic carbocycles. The first-order chi connectivity index (χ1) is 18.6. The molecule has 12 nitrogen and oxygen atoms in total. The standard InChI is InChI=1S/C27H40N8O4.ClH/c1-27(29,18-36)24(37)33-13-15-34(16-14-33)25(38)30-23-11-12-35(26(39)31-23)22-7-3-19(4-8-22)17-32(2)21-9-5-20(28)6-10-21;/h3-4,7-8,11-12,20-21,36H,5-6,9-10,13-18,28-29H2,1-2H3,(H,30,31,38,39);1H/t20-,21-,27?;. The Bertz CT molecular complexity index is 1210. The molecule has 1 unspecified atom stereocenters. The Morgan fingerprint density at radius 2 is 1.68 bits per heavy atom. The lowest BCUT2D eigenvalue weighted by atomic mass is 9.91. The number of carbonyl (C=O) groups excluding carboxylic acids is 2. The molecule has 220 valence electrons. The van der Waals surface area contributed by atoms with Crippen molar-refractivity contribution in [3.63, 3.8) is 0 Å². The molecule has 13 heteroatoms. The summed E-state index contributed by atoms with van der Waals surface area (Å²) < 4.78 is 1.43. The number of urea groups is 1. The summed E-state index contributed by atoms with van der Waals surface area (Å²) in [6.45, 7) is 3.04. The van der Waals surface area contributed by atoms with E-state index in [9.17, 15) is 19.5 Å². The van der Waals surface area contributed by atoms with Gasteiger partial charge >= 0.3 is 11.7 Å². The first kappa shape index (κ1) is 31.5. The second kappa shape index (κ2) is 13.6. The molecular weight excluding hydrogens is 536 g/mol. The van der Waals surface area contributed by atoms with Gasteiger partial charge < -0.3 is 26.4 Å². The molecule has 2 aromatic rings. The fraction of sp³-hybridized carbons (Fsp3) is 0.556. The van der Waals surface area contributed by atoms with E-state index in [1.165, 1.54) is 16.4 Å². The van der Waals surface area contributed by atoms with Crippen LogP contribution in [-0.4, -0.2) is 98.8 Å². The van der Waals surface area contributed by atoms with E-state index in [4.69, 9.17) is 11.5 Å². The number of anilines is 1. The van der Waals surface area contributed by atoms with E-state index in [-0.39, 0.29) is 24.1 Å². The zero-order chi connectivity index (χ0) is 28.2. The largest absolute Gasteiger partial charge is 0.394 e. The predicted octanol–water partition coefficient (Wildman–Crippen LogP) is 0.742. The first-order valence-corrected chi connectivity index (χ1v) is 13.5. The molecule has 0 radical (unpaired) electrons. The fourth-order valence-electron chi connectivity index (χ4n) is 5.12. The van der Waals surface area contributed by atoms with Crippen molar-refractivity contribution in [3.8, 4) is 5.69 Å². The van der Waals surface area contributed by atoms with Gasteiger partial charge in [-0.05, 0) is 63.4 Å². The van der Waals surface area contributed by atoms with Crippen molar-refractivity contribution < 1.29 is 14.7 Å². The van der Waals surface area contributed by atoms with Crippen molar-refractivity contribution >= 4 is 30.2 Å². The molecule has 1 saturated carbocycles. The minimum Gasteiger partial charge on any atom is -0.394 e. The van der Waals surface area contributed by atoms with E-state index in [0.717, 1.165) is 37.8 Å². The predicted molar refractivity (Wildman–Crippen MR) is 156 cm³/mol. The molecule has 40 heavy (non-hydrogen) atoms.